The summed E-state index contributed by atoms with van der Waals surface area (Å²) >= 11 is 0. The van der Waals surface area contributed by atoms with Crippen LogP contribution in [0.25, 0.3) is 23.0 Å². The highest BCUT2D eigenvalue weighted by Gasteiger charge is 2.21. The molecule has 3 rings (SSSR count). The molecule has 0 amide bonds. The molecule has 0 atom stereocenters. The first-order chi connectivity index (χ1) is 14.5. The molecule has 0 saturated heterocycles. The standard InChI is InChI=1S/C23H24N2O5/c1-6-29-23(26)18(12-16-8-7-14(2)15(3)11-16)22-24-21(25-30-22)17-9-10-19(27-4)20(13-17)28-5/h7-13H,6H2,1-5H3. The number of benzene rings is 2. The first kappa shape index (κ1) is 21.1. The second-order valence-corrected chi connectivity index (χ2v) is 6.62. The van der Waals surface area contributed by atoms with Gasteiger partial charge in [0, 0.05) is 5.56 Å². The quantitative estimate of drug-likeness (QED) is 0.421. The lowest BCUT2D eigenvalue weighted by atomic mass is 10.0. The van der Waals surface area contributed by atoms with E-state index in [1.807, 2.05) is 32.0 Å². The lowest BCUT2D eigenvalue weighted by molar-refractivity contribution is -0.136. The summed E-state index contributed by atoms with van der Waals surface area (Å²) in [7, 11) is 3.11. The first-order valence-corrected chi connectivity index (χ1v) is 9.49. The van der Waals surface area contributed by atoms with E-state index < -0.39 is 5.97 Å². The van der Waals surface area contributed by atoms with Crippen LogP contribution in [0, 0.1) is 13.8 Å². The Balaban J connectivity index is 2.02. The zero-order valence-electron chi connectivity index (χ0n) is 17.7. The molecule has 0 radical (unpaired) electrons. The van der Waals surface area contributed by atoms with Crippen LogP contribution in [-0.2, 0) is 9.53 Å². The molecule has 1 heterocycles. The van der Waals surface area contributed by atoms with Gasteiger partial charge in [0.15, 0.2) is 11.5 Å². The third kappa shape index (κ3) is 4.51. The van der Waals surface area contributed by atoms with E-state index in [0.29, 0.717) is 22.9 Å². The van der Waals surface area contributed by atoms with Gasteiger partial charge in [-0.15, -0.1) is 0 Å². The van der Waals surface area contributed by atoms with Crippen LogP contribution < -0.4 is 9.47 Å². The number of nitrogens with zero attached hydrogens (tertiary/aromatic N) is 2. The molecule has 0 saturated carbocycles. The van der Waals surface area contributed by atoms with E-state index in [-0.39, 0.29) is 18.1 Å². The summed E-state index contributed by atoms with van der Waals surface area (Å²) in [6, 6.07) is 11.2. The molecule has 7 heteroatoms. The minimum Gasteiger partial charge on any atom is -0.493 e. The summed E-state index contributed by atoms with van der Waals surface area (Å²) in [5, 5.41) is 4.02. The molecule has 7 nitrogen and oxygen atoms in total. The van der Waals surface area contributed by atoms with Crippen LogP contribution in [0.5, 0.6) is 11.5 Å². The molecule has 0 N–H and O–H groups in total. The fraction of sp³-hybridized carbons (Fsp3) is 0.261. The molecule has 156 valence electrons. The minimum atomic E-state index is -0.529. The highest BCUT2D eigenvalue weighted by molar-refractivity contribution is 6.20. The molecule has 0 fully saturated rings. The average Bonchev–Trinajstić information content (AvgIpc) is 3.24. The average molecular weight is 408 g/mol. The molecular weight excluding hydrogens is 384 g/mol. The van der Waals surface area contributed by atoms with Crippen molar-refractivity contribution in [3.8, 4) is 22.9 Å². The molecule has 0 aliphatic heterocycles. The number of carbonyl (C=O) groups excluding carboxylic acids is 1. The van der Waals surface area contributed by atoms with Crippen LogP contribution in [0.15, 0.2) is 40.9 Å². The van der Waals surface area contributed by atoms with Gasteiger partial charge in [0.05, 0.1) is 20.8 Å². The largest absolute Gasteiger partial charge is 0.493 e. The van der Waals surface area contributed by atoms with E-state index in [1.165, 1.54) is 5.56 Å². The van der Waals surface area contributed by atoms with Crippen LogP contribution in [0.1, 0.15) is 29.5 Å². The lowest BCUT2D eigenvalue weighted by Crippen LogP contribution is -2.07. The lowest BCUT2D eigenvalue weighted by Gasteiger charge is -2.07. The number of hydrogen-bond acceptors (Lipinski definition) is 7. The highest BCUT2D eigenvalue weighted by atomic mass is 16.5. The minimum absolute atomic E-state index is 0.0801. The van der Waals surface area contributed by atoms with Crippen LogP contribution in [-0.4, -0.2) is 36.9 Å². The first-order valence-electron chi connectivity index (χ1n) is 9.49. The Morgan fingerprint density at radius 3 is 2.47 bits per heavy atom. The summed E-state index contributed by atoms with van der Waals surface area (Å²) in [6.45, 7) is 6.02. The van der Waals surface area contributed by atoms with Gasteiger partial charge in [-0.3, -0.25) is 0 Å². The topological polar surface area (TPSA) is 83.7 Å². The van der Waals surface area contributed by atoms with E-state index in [0.717, 1.165) is 11.1 Å². The van der Waals surface area contributed by atoms with Gasteiger partial charge >= 0.3 is 5.97 Å². The number of rotatable bonds is 7. The molecule has 0 aliphatic rings. The van der Waals surface area contributed by atoms with Crippen molar-refractivity contribution in [1.82, 2.24) is 10.1 Å². The number of aryl methyl sites for hydroxylation is 2. The number of methoxy groups -OCH3 is 2. The SMILES string of the molecule is CCOC(=O)C(=Cc1ccc(C)c(C)c1)c1nc(-c2ccc(OC)c(OC)c2)no1. The Morgan fingerprint density at radius 1 is 1.03 bits per heavy atom. The Morgan fingerprint density at radius 2 is 1.80 bits per heavy atom. The normalized spacial score (nSPS) is 11.3. The Hall–Kier alpha value is -3.61. The van der Waals surface area contributed by atoms with Gasteiger partial charge in [0.25, 0.3) is 5.89 Å². The number of hydrogen-bond donors (Lipinski definition) is 0. The zero-order valence-corrected chi connectivity index (χ0v) is 17.7. The van der Waals surface area contributed by atoms with Crippen molar-refractivity contribution < 1.29 is 23.5 Å². The summed E-state index contributed by atoms with van der Waals surface area (Å²) in [5.41, 5.74) is 3.98. The van der Waals surface area contributed by atoms with Crippen molar-refractivity contribution in [1.29, 1.82) is 0 Å². The van der Waals surface area contributed by atoms with Gasteiger partial charge in [-0.25, -0.2) is 4.79 Å². The van der Waals surface area contributed by atoms with E-state index >= 15 is 0 Å². The van der Waals surface area contributed by atoms with E-state index in [1.54, 1.807) is 45.4 Å². The van der Waals surface area contributed by atoms with Crippen molar-refractivity contribution >= 4 is 17.6 Å². The second kappa shape index (κ2) is 9.26. The molecule has 0 aliphatic carbocycles. The Kier molecular flexibility index (Phi) is 6.51. The number of aromatic nitrogens is 2. The molecule has 30 heavy (non-hydrogen) atoms. The van der Waals surface area contributed by atoms with Crippen molar-refractivity contribution in [3.05, 3.63) is 59.0 Å². The maximum atomic E-state index is 12.6. The van der Waals surface area contributed by atoms with Crippen LogP contribution in [0.2, 0.25) is 0 Å². The van der Waals surface area contributed by atoms with Crippen molar-refractivity contribution in [2.24, 2.45) is 0 Å². The van der Waals surface area contributed by atoms with Gasteiger partial charge in [0.1, 0.15) is 5.57 Å². The van der Waals surface area contributed by atoms with Crippen LogP contribution >= 0.6 is 0 Å². The van der Waals surface area contributed by atoms with Crippen molar-refractivity contribution in [2.75, 3.05) is 20.8 Å². The van der Waals surface area contributed by atoms with Crippen LogP contribution in [0.4, 0.5) is 0 Å². The highest BCUT2D eigenvalue weighted by Crippen LogP contribution is 2.32. The summed E-state index contributed by atoms with van der Waals surface area (Å²) in [4.78, 5) is 17.0. The van der Waals surface area contributed by atoms with Gasteiger partial charge in [-0.2, -0.15) is 4.98 Å². The third-order valence-electron chi connectivity index (χ3n) is 4.64. The zero-order chi connectivity index (χ0) is 21.7. The van der Waals surface area contributed by atoms with Crippen LogP contribution in [0.3, 0.4) is 0 Å². The molecule has 2 aromatic carbocycles. The van der Waals surface area contributed by atoms with Gasteiger partial charge in [-0.1, -0.05) is 23.4 Å². The van der Waals surface area contributed by atoms with E-state index in [9.17, 15) is 4.79 Å². The van der Waals surface area contributed by atoms with Gasteiger partial charge in [-0.05, 0) is 61.7 Å². The molecule has 0 unspecified atom stereocenters. The smallest absolute Gasteiger partial charge is 0.343 e. The summed E-state index contributed by atoms with van der Waals surface area (Å²) in [5.74, 6) is 1.00. The molecule has 1 aromatic heterocycles. The molecule has 0 spiro atoms. The summed E-state index contributed by atoms with van der Waals surface area (Å²) in [6.07, 6.45) is 1.69. The fourth-order valence-electron chi connectivity index (χ4n) is 2.86. The van der Waals surface area contributed by atoms with Gasteiger partial charge in [0.2, 0.25) is 5.82 Å². The van der Waals surface area contributed by atoms with E-state index in [2.05, 4.69) is 10.1 Å². The number of carbonyl (C=O) groups is 1. The van der Waals surface area contributed by atoms with Gasteiger partial charge < -0.3 is 18.7 Å². The maximum Gasteiger partial charge on any atom is 0.343 e. The second-order valence-electron chi connectivity index (χ2n) is 6.62. The predicted octanol–water partition coefficient (Wildman–Crippen LogP) is 4.47. The van der Waals surface area contributed by atoms with Crippen molar-refractivity contribution in [2.45, 2.75) is 20.8 Å². The molecular formula is C23H24N2O5. The Bertz CT molecular complexity index is 1080. The fourth-order valence-corrected chi connectivity index (χ4v) is 2.86. The number of ether oxygens (including phenoxy) is 3. The Labute approximate surface area is 175 Å². The van der Waals surface area contributed by atoms with Crippen molar-refractivity contribution in [3.63, 3.8) is 0 Å². The summed E-state index contributed by atoms with van der Waals surface area (Å²) < 4.78 is 21.2. The predicted molar refractivity (Wildman–Crippen MR) is 113 cm³/mol. The monoisotopic (exact) mass is 408 g/mol. The maximum absolute atomic E-state index is 12.6. The number of esters is 1. The molecule has 0 bridgehead atoms. The van der Waals surface area contributed by atoms with E-state index in [4.69, 9.17) is 18.7 Å². The third-order valence-corrected chi connectivity index (χ3v) is 4.64. The molecule has 3 aromatic rings.